The van der Waals surface area contributed by atoms with Crippen LogP contribution in [0.2, 0.25) is 0 Å². The predicted molar refractivity (Wildman–Crippen MR) is 85.3 cm³/mol. The van der Waals surface area contributed by atoms with Crippen LogP contribution in [0.25, 0.3) is 11.5 Å². The zero-order chi connectivity index (χ0) is 14.6. The highest BCUT2D eigenvalue weighted by Crippen LogP contribution is 2.20. The summed E-state index contributed by atoms with van der Waals surface area (Å²) in [6, 6.07) is 7.29. The van der Waals surface area contributed by atoms with E-state index in [1.54, 1.807) is 25.3 Å². The topological polar surface area (TPSA) is 81.2 Å². The first-order valence-electron chi connectivity index (χ1n) is 6.63. The molecule has 0 saturated heterocycles. The van der Waals surface area contributed by atoms with Gasteiger partial charge in [0.05, 0.1) is 11.7 Å². The Labute approximate surface area is 130 Å². The second-order valence-corrected chi connectivity index (χ2v) is 5.04. The van der Waals surface area contributed by atoms with Crippen LogP contribution in [0, 0.1) is 0 Å². The summed E-state index contributed by atoms with van der Waals surface area (Å²) in [5, 5.41) is 2.82. The van der Waals surface area contributed by atoms with Gasteiger partial charge in [0.15, 0.2) is 0 Å². The summed E-state index contributed by atoms with van der Waals surface area (Å²) in [4.78, 5) is 16.1. The van der Waals surface area contributed by atoms with Crippen LogP contribution < -0.4 is 11.1 Å². The lowest BCUT2D eigenvalue weighted by atomic mass is 9.96. The first-order valence-corrected chi connectivity index (χ1v) is 6.63. The lowest BCUT2D eigenvalue weighted by Gasteiger charge is -2.22. The number of hydrogen-bond acceptors (Lipinski definition) is 4. The maximum absolute atomic E-state index is 12.1. The second kappa shape index (κ2) is 7.24. The molecule has 2 aromatic rings. The van der Waals surface area contributed by atoms with Gasteiger partial charge in [0, 0.05) is 11.3 Å². The Hall–Kier alpha value is -1.85. The first kappa shape index (κ1) is 17.2. The molecule has 0 bridgehead atoms. The largest absolute Gasteiger partial charge is 0.445 e. The molecule has 1 aromatic heterocycles. The van der Waals surface area contributed by atoms with E-state index in [9.17, 15) is 4.79 Å². The number of amides is 1. The molecular weight excluding hydrogens is 290 g/mol. The van der Waals surface area contributed by atoms with Crippen molar-refractivity contribution < 1.29 is 9.21 Å². The molecule has 0 saturated carbocycles. The van der Waals surface area contributed by atoms with E-state index in [-0.39, 0.29) is 18.3 Å². The van der Waals surface area contributed by atoms with E-state index in [1.807, 2.05) is 19.1 Å². The number of halogens is 1. The van der Waals surface area contributed by atoms with E-state index < -0.39 is 5.54 Å². The summed E-state index contributed by atoms with van der Waals surface area (Å²) in [6.07, 6.45) is 4.63. The van der Waals surface area contributed by atoms with Crippen molar-refractivity contribution in [1.82, 2.24) is 4.98 Å². The third-order valence-corrected chi connectivity index (χ3v) is 3.11. The van der Waals surface area contributed by atoms with Gasteiger partial charge in [0.25, 0.3) is 0 Å². The number of carbonyl (C=O) groups is 1. The molecule has 21 heavy (non-hydrogen) atoms. The van der Waals surface area contributed by atoms with Gasteiger partial charge in [-0.2, -0.15) is 0 Å². The van der Waals surface area contributed by atoms with E-state index >= 15 is 0 Å². The minimum atomic E-state index is -0.851. The van der Waals surface area contributed by atoms with Crippen LogP contribution >= 0.6 is 12.4 Å². The van der Waals surface area contributed by atoms with E-state index in [4.69, 9.17) is 10.2 Å². The number of nitrogens with two attached hydrogens (primary N) is 1. The molecular formula is C15H20ClN3O2. The standard InChI is InChI=1S/C15H19N3O2.ClH/c1-3-8-15(2,16)14(19)18-12-6-4-11(5-7-12)13-17-9-10-20-13;/h4-7,9-10H,3,8,16H2,1-2H3,(H,18,19);1H. The van der Waals surface area contributed by atoms with Gasteiger partial charge >= 0.3 is 0 Å². The average Bonchev–Trinajstić information content (AvgIpc) is 2.93. The summed E-state index contributed by atoms with van der Waals surface area (Å²) < 4.78 is 5.21. The van der Waals surface area contributed by atoms with Gasteiger partial charge in [-0.1, -0.05) is 13.3 Å². The molecule has 0 fully saturated rings. The lowest BCUT2D eigenvalue weighted by Crippen LogP contribution is -2.48. The number of oxazole rings is 1. The molecule has 3 N–H and O–H groups in total. The summed E-state index contributed by atoms with van der Waals surface area (Å²) in [7, 11) is 0. The average molecular weight is 310 g/mol. The van der Waals surface area contributed by atoms with Crippen molar-refractivity contribution in [1.29, 1.82) is 0 Å². The minimum Gasteiger partial charge on any atom is -0.445 e. The summed E-state index contributed by atoms with van der Waals surface area (Å²) in [6.45, 7) is 3.75. The predicted octanol–water partition coefficient (Wildman–Crippen LogP) is 3.22. The molecule has 1 heterocycles. The van der Waals surface area contributed by atoms with Crippen molar-refractivity contribution in [3.63, 3.8) is 0 Å². The highest BCUT2D eigenvalue weighted by Gasteiger charge is 2.27. The highest BCUT2D eigenvalue weighted by atomic mass is 35.5. The third kappa shape index (κ3) is 4.31. The zero-order valence-electron chi connectivity index (χ0n) is 12.1. The van der Waals surface area contributed by atoms with E-state index in [0.717, 1.165) is 12.0 Å². The molecule has 1 aromatic carbocycles. The lowest BCUT2D eigenvalue weighted by molar-refractivity contribution is -0.120. The smallest absolute Gasteiger partial charge is 0.244 e. The Morgan fingerprint density at radius 3 is 2.57 bits per heavy atom. The van der Waals surface area contributed by atoms with Gasteiger partial charge in [-0.25, -0.2) is 4.98 Å². The number of nitrogens with zero attached hydrogens (tertiary/aromatic N) is 1. The van der Waals surface area contributed by atoms with Crippen molar-refractivity contribution in [2.24, 2.45) is 5.73 Å². The van der Waals surface area contributed by atoms with E-state index in [0.29, 0.717) is 18.0 Å². The van der Waals surface area contributed by atoms with Gasteiger partial charge in [-0.05, 0) is 37.6 Å². The monoisotopic (exact) mass is 309 g/mol. The first-order chi connectivity index (χ1) is 9.53. The molecule has 0 aliphatic rings. The number of benzene rings is 1. The molecule has 2 rings (SSSR count). The van der Waals surface area contributed by atoms with Crippen LogP contribution in [0.4, 0.5) is 5.69 Å². The Morgan fingerprint density at radius 2 is 2.05 bits per heavy atom. The summed E-state index contributed by atoms with van der Waals surface area (Å²) >= 11 is 0. The van der Waals surface area contributed by atoms with E-state index in [2.05, 4.69) is 10.3 Å². The molecule has 0 aliphatic carbocycles. The second-order valence-electron chi connectivity index (χ2n) is 5.04. The highest BCUT2D eigenvalue weighted by molar-refractivity contribution is 5.97. The number of anilines is 1. The number of aromatic nitrogens is 1. The molecule has 0 spiro atoms. The maximum atomic E-state index is 12.1. The maximum Gasteiger partial charge on any atom is 0.244 e. The Balaban J connectivity index is 0.00000220. The van der Waals surface area contributed by atoms with Crippen LogP contribution in [-0.2, 0) is 4.79 Å². The van der Waals surface area contributed by atoms with Crippen LogP contribution in [0.1, 0.15) is 26.7 Å². The van der Waals surface area contributed by atoms with E-state index in [1.165, 1.54) is 6.26 Å². The fraction of sp³-hybridized carbons (Fsp3) is 0.333. The van der Waals surface area contributed by atoms with Crippen LogP contribution in [0.5, 0.6) is 0 Å². The zero-order valence-corrected chi connectivity index (χ0v) is 12.9. The molecule has 5 nitrogen and oxygen atoms in total. The minimum absolute atomic E-state index is 0. The van der Waals surface area contributed by atoms with Crippen molar-refractivity contribution >= 4 is 24.0 Å². The van der Waals surface area contributed by atoms with Gasteiger partial charge in [0.2, 0.25) is 11.8 Å². The molecule has 0 radical (unpaired) electrons. The Morgan fingerprint density at radius 1 is 1.38 bits per heavy atom. The van der Waals surface area contributed by atoms with Crippen molar-refractivity contribution in [2.45, 2.75) is 32.2 Å². The number of carbonyl (C=O) groups excluding carboxylic acids is 1. The number of rotatable bonds is 5. The van der Waals surface area contributed by atoms with Crippen LogP contribution in [0.3, 0.4) is 0 Å². The summed E-state index contributed by atoms with van der Waals surface area (Å²) in [5.74, 6) is 0.376. The third-order valence-electron chi connectivity index (χ3n) is 3.11. The molecule has 114 valence electrons. The molecule has 0 aliphatic heterocycles. The quantitative estimate of drug-likeness (QED) is 0.888. The summed E-state index contributed by atoms with van der Waals surface area (Å²) in [5.41, 5.74) is 6.70. The van der Waals surface area contributed by atoms with Crippen LogP contribution in [-0.4, -0.2) is 16.4 Å². The van der Waals surface area contributed by atoms with Crippen molar-refractivity contribution in [3.8, 4) is 11.5 Å². The fourth-order valence-corrected chi connectivity index (χ4v) is 1.97. The van der Waals surface area contributed by atoms with Gasteiger partial charge in [-0.15, -0.1) is 12.4 Å². The SMILES string of the molecule is CCCC(C)(N)C(=O)Nc1ccc(-c2ncco2)cc1.Cl. The number of nitrogens with one attached hydrogen (secondary N) is 1. The fourth-order valence-electron chi connectivity index (χ4n) is 1.97. The molecule has 1 amide bonds. The normalized spacial score (nSPS) is 13.1. The Kier molecular flexibility index (Phi) is 5.93. The Bertz CT molecular complexity index is 565. The van der Waals surface area contributed by atoms with Crippen LogP contribution in [0.15, 0.2) is 41.1 Å². The molecule has 6 heteroatoms. The van der Waals surface area contributed by atoms with Crippen molar-refractivity contribution in [3.05, 3.63) is 36.7 Å². The van der Waals surface area contributed by atoms with Gasteiger partial charge in [0.1, 0.15) is 6.26 Å². The number of hydrogen-bond donors (Lipinski definition) is 2. The van der Waals surface area contributed by atoms with Crippen molar-refractivity contribution in [2.75, 3.05) is 5.32 Å². The molecule has 1 atom stereocenters. The molecule has 1 unspecified atom stereocenters. The van der Waals surface area contributed by atoms with Gasteiger partial charge < -0.3 is 15.5 Å². The van der Waals surface area contributed by atoms with Gasteiger partial charge in [-0.3, -0.25) is 4.79 Å².